The molecule has 0 atom stereocenters. The van der Waals surface area contributed by atoms with E-state index in [9.17, 15) is 35.2 Å². The summed E-state index contributed by atoms with van der Waals surface area (Å²) >= 11 is 0. The number of sulfonamides is 1. The lowest BCUT2D eigenvalue weighted by atomic mass is 9.98. The van der Waals surface area contributed by atoms with Crippen LogP contribution in [0.15, 0.2) is 102 Å². The number of fused-ring (bicyclic) bond motifs is 2. The summed E-state index contributed by atoms with van der Waals surface area (Å²) in [5.41, 5.74) is -0.985. The second-order valence-corrected chi connectivity index (χ2v) is 13.9. The molecular weight excluding hydrogens is 756 g/mol. The van der Waals surface area contributed by atoms with Crippen LogP contribution in [0.3, 0.4) is 0 Å². The van der Waals surface area contributed by atoms with E-state index in [2.05, 4.69) is 10.3 Å². The van der Waals surface area contributed by atoms with Crippen LogP contribution in [0, 0.1) is 23.3 Å². The monoisotopic (exact) mass is 781 g/mol. The first-order chi connectivity index (χ1) is 26.1. The molecule has 0 fully saturated rings. The van der Waals surface area contributed by atoms with Gasteiger partial charge in [0.1, 0.15) is 11.4 Å². The summed E-state index contributed by atoms with van der Waals surface area (Å²) in [6, 6.07) is 18.9. The first-order valence-electron chi connectivity index (χ1n) is 16.1. The number of ether oxygens (including phenoxy) is 1. The minimum Gasteiger partial charge on any atom is -0.497 e. The molecule has 0 unspecified atom stereocenters. The second kappa shape index (κ2) is 13.8. The van der Waals surface area contributed by atoms with Crippen LogP contribution in [0.4, 0.5) is 42.1 Å². The highest BCUT2D eigenvalue weighted by Gasteiger charge is 2.36. The number of nitrogens with zero attached hydrogens (tertiary/aromatic N) is 3. The number of ketones is 1. The number of carbonyl (C=O) groups is 1. The Morgan fingerprint density at radius 1 is 0.836 bits per heavy atom. The minimum absolute atomic E-state index is 0.000902. The number of halogens is 7. The number of pyridine rings is 1. The van der Waals surface area contributed by atoms with E-state index in [0.29, 0.717) is 16.8 Å². The van der Waals surface area contributed by atoms with Gasteiger partial charge in [-0.3, -0.25) is 9.52 Å². The molecular formula is C38H26F7N5O4S. The Kier molecular flexibility index (Phi) is 9.28. The van der Waals surface area contributed by atoms with E-state index in [1.54, 1.807) is 19.2 Å². The molecule has 0 aliphatic heterocycles. The molecule has 0 saturated heterocycles. The van der Waals surface area contributed by atoms with Gasteiger partial charge >= 0.3 is 6.18 Å². The molecule has 3 heterocycles. The van der Waals surface area contributed by atoms with Crippen molar-refractivity contribution < 1.29 is 48.7 Å². The van der Waals surface area contributed by atoms with Crippen LogP contribution < -0.4 is 14.8 Å². The molecule has 0 aliphatic rings. The van der Waals surface area contributed by atoms with E-state index in [0.717, 1.165) is 18.2 Å². The average Bonchev–Trinajstić information content (AvgIpc) is 3.76. The smallest absolute Gasteiger partial charge is 0.417 e. The number of nitrogens with one attached hydrogen (secondary N) is 2. The number of hydrogen-bond donors (Lipinski definition) is 2. The Morgan fingerprint density at radius 3 is 2.15 bits per heavy atom. The van der Waals surface area contributed by atoms with E-state index in [1.165, 1.54) is 83.2 Å². The molecule has 17 heteroatoms. The van der Waals surface area contributed by atoms with E-state index in [1.807, 2.05) is 4.72 Å². The highest BCUT2D eigenvalue weighted by atomic mass is 32.2. The summed E-state index contributed by atoms with van der Waals surface area (Å²) in [6.45, 7) is -0.270. The quantitative estimate of drug-likeness (QED) is 0.0818. The number of anilines is 2. The standard InChI is InChI=1S/C38H26F7N5O4S/c1-49-19-47-27-16-25(26(17-30(27)49)38(43,44)45)24-4-3-15-50-28(24)13-14-29(50)36(51)21-7-9-22(10-8-21)48-55(52,53)37-33(41)31(39)35(32(40)34(37)42)46-18-20-5-11-23(54-2)12-6-20/h3-17,19,46,48H,18H2,1-2H3. The molecule has 282 valence electrons. The fourth-order valence-electron chi connectivity index (χ4n) is 6.16. The lowest BCUT2D eigenvalue weighted by Crippen LogP contribution is -2.20. The maximum absolute atomic E-state index is 15.1. The summed E-state index contributed by atoms with van der Waals surface area (Å²) in [5, 5.41) is 2.24. The molecule has 3 aromatic heterocycles. The summed E-state index contributed by atoms with van der Waals surface area (Å²) in [5.74, 6) is -8.39. The van der Waals surface area contributed by atoms with Gasteiger partial charge in [0.15, 0.2) is 28.2 Å². The van der Waals surface area contributed by atoms with Crippen LogP contribution in [0.25, 0.3) is 27.7 Å². The third-order valence-corrected chi connectivity index (χ3v) is 10.3. The van der Waals surface area contributed by atoms with Gasteiger partial charge in [0, 0.05) is 36.6 Å². The lowest BCUT2D eigenvalue weighted by Gasteiger charge is -2.15. The van der Waals surface area contributed by atoms with Crippen molar-refractivity contribution in [2.75, 3.05) is 17.1 Å². The van der Waals surface area contributed by atoms with Gasteiger partial charge in [0.2, 0.25) is 5.78 Å². The Labute approximate surface area is 307 Å². The second-order valence-electron chi connectivity index (χ2n) is 12.3. The average molecular weight is 782 g/mol. The normalized spacial score (nSPS) is 12.0. The van der Waals surface area contributed by atoms with E-state index < -0.39 is 61.4 Å². The summed E-state index contributed by atoms with van der Waals surface area (Å²) in [7, 11) is -2.26. The van der Waals surface area contributed by atoms with Gasteiger partial charge in [-0.05, 0) is 77.9 Å². The van der Waals surface area contributed by atoms with Gasteiger partial charge in [0.05, 0.1) is 41.2 Å². The predicted octanol–water partition coefficient (Wildman–Crippen LogP) is 8.72. The Hall–Kier alpha value is -6.36. The molecule has 55 heavy (non-hydrogen) atoms. The Bertz CT molecular complexity index is 2720. The molecule has 2 N–H and O–H groups in total. The minimum atomic E-state index is -5.27. The SMILES string of the molecule is COc1ccc(CNc2c(F)c(F)c(S(=O)(=O)Nc3ccc(C(=O)c4ccc5c(-c6cc7ncn(C)c7cc6C(F)(F)F)cccn45)cc3)c(F)c2F)cc1. The highest BCUT2D eigenvalue weighted by Crippen LogP contribution is 2.41. The van der Waals surface area contributed by atoms with Gasteiger partial charge in [-0.15, -0.1) is 0 Å². The number of alkyl halides is 3. The van der Waals surface area contributed by atoms with Crippen LogP contribution in [0.1, 0.15) is 27.2 Å². The predicted molar refractivity (Wildman–Crippen MR) is 189 cm³/mol. The van der Waals surface area contributed by atoms with Crippen LogP contribution >= 0.6 is 0 Å². The Balaban J connectivity index is 1.14. The molecule has 9 nitrogen and oxygen atoms in total. The van der Waals surface area contributed by atoms with Crippen LogP contribution in [0.5, 0.6) is 5.75 Å². The molecule has 7 rings (SSSR count). The number of methoxy groups -OCH3 is 1. The van der Waals surface area contributed by atoms with Gasteiger partial charge < -0.3 is 19.0 Å². The molecule has 4 aromatic carbocycles. The number of carbonyl (C=O) groups excluding carboxylic acids is 1. The highest BCUT2D eigenvalue weighted by molar-refractivity contribution is 7.92. The number of benzene rings is 4. The molecule has 0 amide bonds. The van der Waals surface area contributed by atoms with E-state index in [-0.39, 0.29) is 45.6 Å². The van der Waals surface area contributed by atoms with Crippen molar-refractivity contribution in [2.24, 2.45) is 7.05 Å². The number of rotatable bonds is 10. The van der Waals surface area contributed by atoms with Gasteiger partial charge in [-0.2, -0.15) is 13.2 Å². The fraction of sp³-hybridized carbons (Fsp3) is 0.105. The Morgan fingerprint density at radius 2 is 1.51 bits per heavy atom. The first-order valence-corrected chi connectivity index (χ1v) is 17.6. The molecule has 0 bridgehead atoms. The van der Waals surface area contributed by atoms with Crippen molar-refractivity contribution in [1.82, 2.24) is 14.0 Å². The van der Waals surface area contributed by atoms with Crippen molar-refractivity contribution in [3.05, 3.63) is 143 Å². The van der Waals surface area contributed by atoms with Crippen molar-refractivity contribution in [2.45, 2.75) is 17.6 Å². The first kappa shape index (κ1) is 37.0. The zero-order valence-corrected chi connectivity index (χ0v) is 29.3. The molecule has 0 radical (unpaired) electrons. The molecule has 0 spiro atoms. The van der Waals surface area contributed by atoms with Gasteiger partial charge in [-0.25, -0.2) is 31.0 Å². The lowest BCUT2D eigenvalue weighted by molar-refractivity contribution is -0.137. The third-order valence-electron chi connectivity index (χ3n) is 8.90. The molecule has 7 aromatic rings. The number of aryl methyl sites for hydroxylation is 1. The fourth-order valence-corrected chi connectivity index (χ4v) is 7.36. The van der Waals surface area contributed by atoms with Crippen molar-refractivity contribution in [3.63, 3.8) is 0 Å². The summed E-state index contributed by atoms with van der Waals surface area (Å²) in [4.78, 5) is 15.9. The molecule has 0 aliphatic carbocycles. The van der Waals surface area contributed by atoms with Gasteiger partial charge in [-0.1, -0.05) is 18.2 Å². The number of imidazole rings is 1. The van der Waals surface area contributed by atoms with Crippen LogP contribution in [-0.2, 0) is 29.8 Å². The number of hydrogen-bond acceptors (Lipinski definition) is 6. The van der Waals surface area contributed by atoms with Crippen molar-refractivity contribution >= 4 is 43.7 Å². The third kappa shape index (κ3) is 6.71. The molecule has 0 saturated carbocycles. The zero-order valence-electron chi connectivity index (χ0n) is 28.5. The van der Waals surface area contributed by atoms with Crippen LogP contribution in [-0.4, -0.2) is 35.3 Å². The largest absolute Gasteiger partial charge is 0.497 e. The maximum Gasteiger partial charge on any atom is 0.417 e. The van der Waals surface area contributed by atoms with E-state index >= 15 is 8.78 Å². The van der Waals surface area contributed by atoms with Crippen molar-refractivity contribution in [3.8, 4) is 16.9 Å². The van der Waals surface area contributed by atoms with Crippen molar-refractivity contribution in [1.29, 1.82) is 0 Å². The van der Waals surface area contributed by atoms with E-state index in [4.69, 9.17) is 4.74 Å². The number of aromatic nitrogens is 3. The van der Waals surface area contributed by atoms with Gasteiger partial charge in [0.25, 0.3) is 10.0 Å². The maximum atomic E-state index is 15.1. The zero-order chi connectivity index (χ0) is 39.4. The summed E-state index contributed by atoms with van der Waals surface area (Å²) in [6.07, 6.45) is -1.83. The van der Waals surface area contributed by atoms with Crippen LogP contribution in [0.2, 0.25) is 0 Å². The topological polar surface area (TPSA) is 107 Å². The summed E-state index contributed by atoms with van der Waals surface area (Å²) < 4.78 is 139.